The van der Waals surface area contributed by atoms with E-state index in [2.05, 4.69) is 128 Å². The van der Waals surface area contributed by atoms with Crippen LogP contribution in [0, 0.1) is 13.1 Å². The summed E-state index contributed by atoms with van der Waals surface area (Å²) in [4.78, 5) is 42.5. The molecule has 6 aliphatic heterocycles. The molecule has 0 bridgehead atoms. The van der Waals surface area contributed by atoms with Crippen molar-refractivity contribution in [3.8, 4) is 44.9 Å². The van der Waals surface area contributed by atoms with Crippen LogP contribution in [0.4, 0.5) is 34.6 Å². The number of fused-ring (bicyclic) bond motifs is 2. The van der Waals surface area contributed by atoms with Crippen molar-refractivity contribution in [1.82, 2.24) is 48.1 Å². The number of halogens is 4. The molecule has 0 unspecified atom stereocenters. The van der Waals surface area contributed by atoms with E-state index in [1.165, 1.54) is 29.3 Å². The first-order valence-electron chi connectivity index (χ1n) is 44.3. The lowest BCUT2D eigenvalue weighted by Crippen LogP contribution is -2.58. The van der Waals surface area contributed by atoms with Crippen molar-refractivity contribution in [2.45, 2.75) is 182 Å². The maximum absolute atomic E-state index is 12.2. The van der Waals surface area contributed by atoms with E-state index in [0.717, 1.165) is 111 Å². The van der Waals surface area contributed by atoms with E-state index in [4.69, 9.17) is 61.3 Å². The number of sulfonamides is 3. The summed E-state index contributed by atoms with van der Waals surface area (Å²) in [6.45, 7) is 51.9. The molecule has 0 saturated carbocycles. The quantitative estimate of drug-likeness (QED) is 0.0517. The summed E-state index contributed by atoms with van der Waals surface area (Å²) in [5.41, 5.74) is 7.54. The third kappa shape index (κ3) is 28.4. The van der Waals surface area contributed by atoms with Gasteiger partial charge in [0.2, 0.25) is 39.1 Å². The molecule has 6 fully saturated rings. The molecular weight excluding hydrogens is 2040 g/mol. The van der Waals surface area contributed by atoms with Gasteiger partial charge in [-0.3, -0.25) is 9.97 Å². The summed E-state index contributed by atoms with van der Waals surface area (Å²) >= 11 is 10.2. The number of hydrogen-bond donors (Lipinski definition) is 3. The van der Waals surface area contributed by atoms with Gasteiger partial charge in [-0.1, -0.05) is 78.9 Å². The predicted octanol–water partition coefficient (Wildman–Crippen LogP) is 15.4. The van der Waals surface area contributed by atoms with Gasteiger partial charge < -0.3 is 63.1 Å². The second-order valence-electron chi connectivity index (χ2n) is 36.9. The van der Waals surface area contributed by atoms with Crippen LogP contribution in [0.1, 0.15) is 111 Å². The fourth-order valence-corrected chi connectivity index (χ4v) is 22.7. The Labute approximate surface area is 838 Å². The Hall–Kier alpha value is -8.60. The summed E-state index contributed by atoms with van der Waals surface area (Å²) in [6, 6.07) is 42.6. The van der Waals surface area contributed by atoms with Crippen molar-refractivity contribution in [2.24, 2.45) is 0 Å². The van der Waals surface area contributed by atoms with Crippen LogP contribution in [-0.4, -0.2) is 270 Å². The Balaban J connectivity index is 0.000000173. The van der Waals surface area contributed by atoms with E-state index in [1.807, 2.05) is 236 Å². The largest absolute Gasteiger partial charge is 0.495 e. The van der Waals surface area contributed by atoms with Crippen molar-refractivity contribution >= 4 is 181 Å². The zero-order valence-corrected chi connectivity index (χ0v) is 89.9. The monoisotopic (exact) mass is 2160 g/mol. The van der Waals surface area contributed by atoms with Gasteiger partial charge in [-0.05, 0) is 224 Å². The number of aromatic nitrogens is 6. The standard InChI is InChI=1S/C29H29N5O3S.C17H11BrN2O.C12H24B2O4.C12H20BN3O4S.C12H18BrN3O2S.C11H16BrN3.CH3ClO2S/c1-19-17-33(18-20(2)34(19)38(5,35)36)27-14-11-22(15-31-27)26-16-32-28-24(7-6-8-25(28)29(26)37-4)21-9-12-23(30-3)13-10-21;1-19-12-8-6-11(7-9-12)13-4-3-5-14-16(13)20-10-15(18)17(14)21-2;1-9(2)10(3,4)16-13(15-9)14-17-11(5,6)12(7,8)18-14;1-9-7-15(8-10(2)16(9)21(3,19)20)12-5-4-11(6-14-12)13(17)18;1-9-7-15(12-5-4-11(13)6-14-12)8-10(2)16(9)19(3,17)18;1-8-6-15(7-9(2)14-8)11-4-3-10(12)5-13-11;1-5(2,3)4/h6-16,19-20H,17-18H2,1-2,4-5H3;3-10H,2H3;1-8H3;4-6,9-10,17-18H,7-8H2,1-3H3;4-6,9-10H,7-8H2,1-3H3;3-5,8-9,14H,6-7H2,1-2H3;1H3/t19-,20+;;;2*9-,10+;8-,9+;. The molecule has 3 N–H and O–H groups in total. The molecule has 0 aliphatic carbocycles. The number of methoxy groups -OCH3 is 2. The molecule has 32 nitrogen and oxygen atoms in total. The first-order chi connectivity index (χ1) is 64.0. The highest BCUT2D eigenvalue weighted by atomic mass is 79.9. The highest BCUT2D eigenvalue weighted by Gasteiger charge is 2.64. The van der Waals surface area contributed by atoms with Gasteiger partial charge in [-0.15, -0.1) is 0 Å². The van der Waals surface area contributed by atoms with Crippen LogP contribution < -0.4 is 39.9 Å². The van der Waals surface area contributed by atoms with Crippen LogP contribution >= 0.6 is 58.5 Å². The molecule has 734 valence electrons. The minimum Gasteiger partial charge on any atom is -0.495 e. The topological polar surface area (TPSA) is 353 Å². The van der Waals surface area contributed by atoms with E-state index < -0.39 is 60.3 Å². The molecule has 6 aliphatic rings. The number of para-hydroxylation sites is 2. The van der Waals surface area contributed by atoms with E-state index in [1.54, 1.807) is 47.4 Å². The van der Waals surface area contributed by atoms with Gasteiger partial charge in [0.25, 0.3) is 0 Å². The van der Waals surface area contributed by atoms with Gasteiger partial charge in [0.1, 0.15) is 34.8 Å². The summed E-state index contributed by atoms with van der Waals surface area (Å²) in [5, 5.41) is 23.5. The molecule has 137 heavy (non-hydrogen) atoms. The van der Waals surface area contributed by atoms with Crippen molar-refractivity contribution < 1.29 is 71.8 Å². The molecule has 43 heteroatoms. The minimum absolute atomic E-state index is 0.0517. The molecule has 4 aromatic carbocycles. The van der Waals surface area contributed by atoms with E-state index in [0.29, 0.717) is 79.8 Å². The van der Waals surface area contributed by atoms with Crippen LogP contribution in [-0.2, 0) is 57.7 Å². The molecule has 6 aromatic heterocycles. The molecule has 12 heterocycles. The summed E-state index contributed by atoms with van der Waals surface area (Å²) < 4.78 is 133. The number of anilines is 4. The molecule has 0 amide bonds. The lowest BCUT2D eigenvalue weighted by molar-refractivity contribution is 0.00578. The number of nitrogens with zero attached hydrogens (tertiary/aromatic N) is 15. The van der Waals surface area contributed by atoms with Crippen LogP contribution in [0.25, 0.3) is 64.9 Å². The van der Waals surface area contributed by atoms with Gasteiger partial charge in [-0.2, -0.15) is 12.9 Å². The molecule has 16 rings (SSSR count). The maximum Gasteiger partial charge on any atom is 0.490 e. The fraction of sp³-hybridized carbons (Fsp3) is 0.447. The van der Waals surface area contributed by atoms with Crippen molar-refractivity contribution in [3.05, 3.63) is 207 Å². The SMILES string of the molecule is CC1(C)OB(B2OC(C)(C)C(C)(C)O2)OC1(C)C.CS(=O)(=O)Cl.C[C@@H]1CN(c2ccc(B(O)O)cn2)C[C@H](C)N1S(C)(=O)=O.C[C@@H]1CN(c2ccc(Br)cn2)C[C@H](C)N1.C[C@@H]1CN(c2ccc(Br)cn2)C[C@H](C)N1S(C)(=O)=O.[C-]#[N+]c1ccc(-c2cccc3c(OC)c(-c4ccc(N5C[C@@H](C)N(S(C)(=O)=O)[C@@H](C)C5)nc4)cnc23)cc1.[C-]#[N+]c1ccc(-c2cccc3c(OC)c(Br)cnc23)cc1. The summed E-state index contributed by atoms with van der Waals surface area (Å²) in [6.07, 6.45) is 15.1. The summed E-state index contributed by atoms with van der Waals surface area (Å²) in [5.74, 6) is 4.95. The second-order valence-corrected chi connectivity index (χ2v) is 48.2. The number of piperazine rings is 4. The van der Waals surface area contributed by atoms with E-state index in [9.17, 15) is 33.7 Å². The lowest BCUT2D eigenvalue weighted by Gasteiger charge is -2.43. The first kappa shape index (κ1) is 110. The normalized spacial score (nSPS) is 21.5. The molecular formula is C94H121B3Br3ClN16O16S4. The number of ether oxygens (including phenoxy) is 2. The van der Waals surface area contributed by atoms with Gasteiger partial charge in [0.05, 0.1) is 90.3 Å². The van der Waals surface area contributed by atoms with Crippen LogP contribution in [0.3, 0.4) is 0 Å². The van der Waals surface area contributed by atoms with Crippen molar-refractivity contribution in [1.29, 1.82) is 0 Å². The third-order valence-corrected chi connectivity index (χ3v) is 30.5. The average molecular weight is 2170 g/mol. The molecule has 0 spiro atoms. The van der Waals surface area contributed by atoms with Crippen LogP contribution in [0.2, 0.25) is 0 Å². The van der Waals surface area contributed by atoms with Crippen LogP contribution in [0.5, 0.6) is 11.5 Å². The van der Waals surface area contributed by atoms with E-state index >= 15 is 0 Å². The Kier molecular flexibility index (Phi) is 37.1. The number of nitrogens with one attached hydrogen (secondary N) is 1. The van der Waals surface area contributed by atoms with Gasteiger partial charge >= 0.3 is 21.1 Å². The Morgan fingerprint density at radius 2 is 0.723 bits per heavy atom. The number of hydrogen-bond acceptors (Lipinski definition) is 27. The van der Waals surface area contributed by atoms with Gasteiger partial charge in [0, 0.05) is 196 Å². The highest BCUT2D eigenvalue weighted by molar-refractivity contribution is 9.11. The highest BCUT2D eigenvalue weighted by Crippen LogP contribution is 2.45. The molecule has 8 atom stereocenters. The smallest absolute Gasteiger partial charge is 0.490 e. The Bertz CT molecular complexity index is 6290. The second kappa shape index (κ2) is 46.0. The number of pyridine rings is 6. The third-order valence-electron chi connectivity index (χ3n) is 24.5. The van der Waals surface area contributed by atoms with Gasteiger partial charge in [-0.25, -0.2) is 63.3 Å². The number of rotatable bonds is 14. The Morgan fingerprint density at radius 1 is 0.416 bits per heavy atom. The lowest BCUT2D eigenvalue weighted by atomic mass is 9.49. The average Bonchev–Trinajstić information content (AvgIpc) is 1.59. The predicted molar refractivity (Wildman–Crippen MR) is 559 cm³/mol. The van der Waals surface area contributed by atoms with Crippen molar-refractivity contribution in [2.75, 3.05) is 111 Å². The van der Waals surface area contributed by atoms with Crippen molar-refractivity contribution in [3.63, 3.8) is 0 Å². The minimum atomic E-state index is -3.27. The molecule has 10 aromatic rings. The number of benzene rings is 4. The van der Waals surface area contributed by atoms with E-state index in [-0.39, 0.29) is 58.7 Å². The van der Waals surface area contributed by atoms with Gasteiger partial charge in [0.15, 0.2) is 11.4 Å². The molecule has 6 saturated heterocycles. The zero-order valence-electron chi connectivity index (χ0n) is 81.1. The first-order valence-corrected chi connectivity index (χ1v) is 55.0. The Morgan fingerprint density at radius 3 is 1.01 bits per heavy atom. The van der Waals surface area contributed by atoms with Crippen LogP contribution in [0.15, 0.2) is 184 Å². The zero-order chi connectivity index (χ0) is 101. The molecule has 0 radical (unpaired) electrons. The fourth-order valence-electron chi connectivity index (χ4n) is 17.4. The summed E-state index contributed by atoms with van der Waals surface area (Å²) in [7, 11) is -7.53. The maximum atomic E-state index is 12.2.